The summed E-state index contributed by atoms with van der Waals surface area (Å²) in [7, 11) is 0. The molecule has 2 N–H and O–H groups in total. The Labute approximate surface area is 201 Å². The highest BCUT2D eigenvalue weighted by Gasteiger charge is 2.18. The summed E-state index contributed by atoms with van der Waals surface area (Å²) in [5.41, 5.74) is 3.59. The zero-order valence-electron chi connectivity index (χ0n) is 18.5. The molecule has 0 fully saturated rings. The number of hydrogen-bond donors (Lipinski definition) is 2. The minimum Gasteiger partial charge on any atom is -0.352 e. The summed E-state index contributed by atoms with van der Waals surface area (Å²) in [6.45, 7) is 5.02. The van der Waals surface area contributed by atoms with Crippen molar-refractivity contribution in [2.45, 2.75) is 26.7 Å². The summed E-state index contributed by atoms with van der Waals surface area (Å²) in [4.78, 5) is 26.5. The number of halogens is 1. The molecule has 0 atom stereocenters. The number of carbonyl (C=O) groups is 2. The maximum absolute atomic E-state index is 12.7. The lowest BCUT2D eigenvalue weighted by Gasteiger charge is -2.07. The van der Waals surface area contributed by atoms with Crippen LogP contribution in [0.2, 0.25) is 5.02 Å². The van der Waals surface area contributed by atoms with Crippen LogP contribution in [0.1, 0.15) is 44.6 Å². The van der Waals surface area contributed by atoms with Crippen LogP contribution in [0.25, 0.3) is 15.9 Å². The molecule has 4 rings (SSSR count). The quantitative estimate of drug-likeness (QED) is 0.342. The van der Waals surface area contributed by atoms with Crippen LogP contribution < -0.4 is 10.6 Å². The van der Waals surface area contributed by atoms with Crippen LogP contribution >= 0.6 is 22.9 Å². The number of nitrogens with one attached hydrogen (secondary N) is 2. The van der Waals surface area contributed by atoms with Crippen molar-refractivity contribution in [1.29, 1.82) is 0 Å². The molecule has 4 aromatic rings. The Morgan fingerprint density at radius 2 is 1.73 bits per heavy atom. The van der Waals surface area contributed by atoms with Crippen molar-refractivity contribution in [1.82, 2.24) is 20.4 Å². The van der Waals surface area contributed by atoms with Gasteiger partial charge in [0, 0.05) is 18.5 Å². The van der Waals surface area contributed by atoms with Gasteiger partial charge < -0.3 is 10.6 Å². The molecule has 0 saturated heterocycles. The van der Waals surface area contributed by atoms with Crippen LogP contribution in [0.5, 0.6) is 0 Å². The number of carbonyl (C=O) groups excluding carboxylic acids is 2. The van der Waals surface area contributed by atoms with Gasteiger partial charge in [-0.15, -0.1) is 11.3 Å². The van der Waals surface area contributed by atoms with E-state index in [0.29, 0.717) is 35.0 Å². The Hall–Kier alpha value is -3.16. The average molecular weight is 481 g/mol. The number of nitrogens with zero attached hydrogens (tertiary/aromatic N) is 2. The molecule has 0 bridgehead atoms. The minimum atomic E-state index is -0.218. The van der Waals surface area contributed by atoms with Crippen LogP contribution in [-0.2, 0) is 6.42 Å². The molecule has 6 nitrogen and oxygen atoms in total. The van der Waals surface area contributed by atoms with E-state index in [9.17, 15) is 9.59 Å². The maximum atomic E-state index is 12.7. The van der Waals surface area contributed by atoms with Crippen molar-refractivity contribution >= 4 is 45.0 Å². The van der Waals surface area contributed by atoms with Crippen LogP contribution in [0.15, 0.2) is 54.6 Å². The molecular formula is C25H25ClN4O2S. The van der Waals surface area contributed by atoms with Gasteiger partial charge in [-0.1, -0.05) is 48.4 Å². The van der Waals surface area contributed by atoms with Gasteiger partial charge in [0.15, 0.2) is 0 Å². The molecule has 0 spiro atoms. The number of amides is 2. The van der Waals surface area contributed by atoms with E-state index in [1.54, 1.807) is 24.3 Å². The molecule has 0 aliphatic heterocycles. The molecule has 0 aliphatic carbocycles. The van der Waals surface area contributed by atoms with E-state index < -0.39 is 0 Å². The van der Waals surface area contributed by atoms with Crippen LogP contribution in [0.4, 0.5) is 0 Å². The number of aromatic nitrogens is 2. The summed E-state index contributed by atoms with van der Waals surface area (Å²) in [5, 5.41) is 12.0. The predicted octanol–water partition coefficient (Wildman–Crippen LogP) is 5.16. The van der Waals surface area contributed by atoms with Gasteiger partial charge in [-0.3, -0.25) is 9.59 Å². The highest BCUT2D eigenvalue weighted by atomic mass is 35.5. The highest BCUT2D eigenvalue weighted by Crippen LogP contribution is 2.31. The van der Waals surface area contributed by atoms with E-state index in [2.05, 4.69) is 36.6 Å². The van der Waals surface area contributed by atoms with Crippen molar-refractivity contribution in [3.63, 3.8) is 0 Å². The van der Waals surface area contributed by atoms with Crippen molar-refractivity contribution in [3.8, 4) is 5.69 Å². The number of rotatable bonds is 8. The Balaban J connectivity index is 1.37. The first kappa shape index (κ1) is 23.0. The summed E-state index contributed by atoms with van der Waals surface area (Å²) < 4.78 is 1.92. The molecular weight excluding hydrogens is 456 g/mol. The third-order valence-electron chi connectivity index (χ3n) is 5.32. The third-order valence-corrected chi connectivity index (χ3v) is 6.76. The van der Waals surface area contributed by atoms with Gasteiger partial charge in [-0.2, -0.15) is 5.10 Å². The fraction of sp³-hybridized carbons (Fsp3) is 0.240. The van der Waals surface area contributed by atoms with Gasteiger partial charge in [-0.25, -0.2) is 4.68 Å². The fourth-order valence-electron chi connectivity index (χ4n) is 3.52. The van der Waals surface area contributed by atoms with Gasteiger partial charge in [0.05, 0.1) is 26.8 Å². The van der Waals surface area contributed by atoms with E-state index in [1.165, 1.54) is 16.9 Å². The Kier molecular flexibility index (Phi) is 7.11. The van der Waals surface area contributed by atoms with Gasteiger partial charge in [-0.05, 0) is 50.1 Å². The molecule has 0 radical (unpaired) electrons. The molecule has 2 aromatic heterocycles. The number of hydrogen-bond acceptors (Lipinski definition) is 4. The second-order valence-electron chi connectivity index (χ2n) is 7.72. The average Bonchev–Trinajstić information content (AvgIpc) is 3.39. The van der Waals surface area contributed by atoms with E-state index in [-0.39, 0.29) is 11.8 Å². The maximum Gasteiger partial charge on any atom is 0.261 e. The van der Waals surface area contributed by atoms with Gasteiger partial charge >= 0.3 is 0 Å². The molecule has 8 heteroatoms. The molecule has 2 heterocycles. The van der Waals surface area contributed by atoms with Crippen LogP contribution in [0.3, 0.4) is 0 Å². The Bertz CT molecular complexity index is 1290. The second kappa shape index (κ2) is 10.2. The van der Waals surface area contributed by atoms with Crippen LogP contribution in [-0.4, -0.2) is 34.7 Å². The summed E-state index contributed by atoms with van der Waals surface area (Å²) >= 11 is 7.49. The molecule has 33 heavy (non-hydrogen) atoms. The molecule has 2 aromatic carbocycles. The number of fused-ring (bicyclic) bond motifs is 1. The van der Waals surface area contributed by atoms with Crippen molar-refractivity contribution in [2.75, 3.05) is 13.1 Å². The predicted molar refractivity (Wildman–Crippen MR) is 134 cm³/mol. The number of aryl methyl sites for hydroxylation is 2. The molecule has 2 amide bonds. The van der Waals surface area contributed by atoms with Gasteiger partial charge in [0.1, 0.15) is 4.83 Å². The first-order valence-electron chi connectivity index (χ1n) is 10.9. The van der Waals surface area contributed by atoms with Crippen molar-refractivity contribution in [3.05, 3.63) is 81.3 Å². The molecule has 0 unspecified atom stereocenters. The monoisotopic (exact) mass is 480 g/mol. The zero-order chi connectivity index (χ0) is 23.4. The second-order valence-corrected chi connectivity index (χ2v) is 9.16. The summed E-state index contributed by atoms with van der Waals surface area (Å²) in [5.74, 6) is -0.338. The van der Waals surface area contributed by atoms with Crippen LogP contribution in [0, 0.1) is 6.92 Å². The van der Waals surface area contributed by atoms with Gasteiger partial charge in [0.25, 0.3) is 11.8 Å². The highest BCUT2D eigenvalue weighted by molar-refractivity contribution is 7.20. The topological polar surface area (TPSA) is 76.0 Å². The lowest BCUT2D eigenvalue weighted by atomic mass is 10.2. The SMILES string of the molecule is CCc1nn(-c2ccc(C)cc2)c2sc(C(=O)NCCCNC(=O)c3ccccc3Cl)cc12. The Morgan fingerprint density at radius 3 is 2.42 bits per heavy atom. The van der Waals surface area contributed by atoms with E-state index >= 15 is 0 Å². The minimum absolute atomic E-state index is 0.119. The van der Waals surface area contributed by atoms with Crippen molar-refractivity contribution in [2.24, 2.45) is 0 Å². The zero-order valence-corrected chi connectivity index (χ0v) is 20.1. The first-order chi connectivity index (χ1) is 16.0. The first-order valence-corrected chi connectivity index (χ1v) is 12.1. The molecule has 0 aliphatic rings. The lowest BCUT2D eigenvalue weighted by Crippen LogP contribution is -2.29. The van der Waals surface area contributed by atoms with E-state index in [4.69, 9.17) is 16.7 Å². The summed E-state index contributed by atoms with van der Waals surface area (Å²) in [6, 6.07) is 17.0. The largest absolute Gasteiger partial charge is 0.352 e. The smallest absolute Gasteiger partial charge is 0.261 e. The normalized spacial score (nSPS) is 11.0. The van der Waals surface area contributed by atoms with E-state index in [0.717, 1.165) is 28.0 Å². The van der Waals surface area contributed by atoms with Crippen molar-refractivity contribution < 1.29 is 9.59 Å². The number of benzene rings is 2. The van der Waals surface area contributed by atoms with Gasteiger partial charge in [0.2, 0.25) is 0 Å². The standard InChI is InChI=1S/C25H25ClN4O2S/c1-3-21-19-15-22(33-25(19)30(29-21)17-11-9-16(2)10-12-17)24(32)28-14-6-13-27-23(31)18-7-4-5-8-20(18)26/h4-5,7-12,15H,3,6,13-14H2,1-2H3,(H,27,31)(H,28,32). The summed E-state index contributed by atoms with van der Waals surface area (Å²) in [6.07, 6.45) is 1.41. The number of thiophene rings is 1. The molecule has 0 saturated carbocycles. The van der Waals surface area contributed by atoms with E-state index in [1.807, 2.05) is 22.9 Å². The fourth-order valence-corrected chi connectivity index (χ4v) is 4.81. The Morgan fingerprint density at radius 1 is 1.03 bits per heavy atom. The lowest BCUT2D eigenvalue weighted by molar-refractivity contribution is 0.0953. The molecule has 170 valence electrons. The third kappa shape index (κ3) is 5.10.